The number of ether oxygens (including phenoxy) is 1. The van der Waals surface area contributed by atoms with Gasteiger partial charge in [0.25, 0.3) is 11.8 Å². The fourth-order valence-corrected chi connectivity index (χ4v) is 3.02. The second-order valence-corrected chi connectivity index (χ2v) is 6.93. The van der Waals surface area contributed by atoms with Crippen LogP contribution < -0.4 is 15.0 Å². The Labute approximate surface area is 178 Å². The Morgan fingerprint density at radius 2 is 1.90 bits per heavy atom. The lowest BCUT2D eigenvalue weighted by atomic mass is 10.1. The molecular weight excluding hydrogens is 462 g/mol. The second kappa shape index (κ2) is 8.33. The molecule has 0 spiro atoms. The molecule has 0 saturated carbocycles. The highest BCUT2D eigenvalue weighted by atomic mass is 79.9. The van der Waals surface area contributed by atoms with Crippen LogP contribution in [0.25, 0.3) is 6.08 Å². The van der Waals surface area contributed by atoms with Crippen LogP contribution >= 0.6 is 15.9 Å². The molecular formula is C19H14BrN3O7. The monoisotopic (exact) mass is 475 g/mol. The van der Waals surface area contributed by atoms with Gasteiger partial charge in [-0.2, -0.15) is 0 Å². The number of phenols is 1. The molecule has 4 amide bonds. The maximum atomic E-state index is 12.9. The van der Waals surface area contributed by atoms with Gasteiger partial charge in [-0.15, -0.1) is 0 Å². The van der Waals surface area contributed by atoms with Crippen LogP contribution in [0, 0.1) is 10.1 Å². The Kier molecular flexibility index (Phi) is 5.83. The fourth-order valence-electron chi connectivity index (χ4n) is 2.75. The van der Waals surface area contributed by atoms with Crippen LogP contribution in [0.1, 0.15) is 12.5 Å². The highest BCUT2D eigenvalue weighted by Gasteiger charge is 2.37. The number of aromatic hydroxyl groups is 1. The summed E-state index contributed by atoms with van der Waals surface area (Å²) in [5, 5.41) is 23.3. The molecule has 0 unspecified atom stereocenters. The first-order valence-corrected chi connectivity index (χ1v) is 9.33. The van der Waals surface area contributed by atoms with Gasteiger partial charge in [0.1, 0.15) is 5.57 Å². The molecule has 0 aromatic heterocycles. The normalized spacial score (nSPS) is 15.3. The summed E-state index contributed by atoms with van der Waals surface area (Å²) in [5.74, 6) is -2.70. The van der Waals surface area contributed by atoms with Crippen LogP contribution in [0.2, 0.25) is 0 Å². The van der Waals surface area contributed by atoms with E-state index in [1.54, 1.807) is 19.1 Å². The molecule has 0 aliphatic carbocycles. The molecule has 3 rings (SSSR count). The summed E-state index contributed by atoms with van der Waals surface area (Å²) in [6.07, 6.45) is 1.09. The van der Waals surface area contributed by atoms with Crippen molar-refractivity contribution in [1.82, 2.24) is 5.32 Å². The summed E-state index contributed by atoms with van der Waals surface area (Å²) < 4.78 is 5.92. The minimum absolute atomic E-state index is 0.0616. The maximum Gasteiger partial charge on any atom is 0.335 e. The van der Waals surface area contributed by atoms with E-state index in [1.165, 1.54) is 18.2 Å². The van der Waals surface area contributed by atoms with Crippen LogP contribution in [-0.2, 0) is 9.59 Å². The zero-order valence-electron chi connectivity index (χ0n) is 15.4. The standard InChI is InChI=1S/C19H14BrN3O7/c1-2-30-15-9-10(8-14(16(15)24)23(28)29)7-13-17(25)21-19(27)22(18(13)26)12-5-3-11(20)4-6-12/h3-9,24H,2H2,1H3,(H,21,25,27)/b13-7-. The topological polar surface area (TPSA) is 139 Å². The Balaban J connectivity index is 2.08. The molecule has 0 bridgehead atoms. The smallest absolute Gasteiger partial charge is 0.335 e. The summed E-state index contributed by atoms with van der Waals surface area (Å²) in [6, 6.07) is 7.57. The SMILES string of the molecule is CCOc1cc(/C=C2/C(=O)NC(=O)N(c3ccc(Br)cc3)C2=O)cc([N+](=O)[O-])c1O. The summed E-state index contributed by atoms with van der Waals surface area (Å²) in [5.41, 5.74) is -0.783. The van der Waals surface area contributed by atoms with Crippen LogP contribution in [-0.4, -0.2) is 34.5 Å². The molecule has 1 saturated heterocycles. The number of imide groups is 2. The van der Waals surface area contributed by atoms with Crippen molar-refractivity contribution >= 4 is 51.2 Å². The van der Waals surface area contributed by atoms with Crippen molar-refractivity contribution in [3.8, 4) is 11.5 Å². The number of nitro benzene ring substituents is 1. The number of hydrogen-bond donors (Lipinski definition) is 2. The quantitative estimate of drug-likeness (QED) is 0.293. The van der Waals surface area contributed by atoms with E-state index in [9.17, 15) is 29.6 Å². The first-order valence-electron chi connectivity index (χ1n) is 8.54. The number of barbiturate groups is 1. The van der Waals surface area contributed by atoms with Gasteiger partial charge in [-0.05, 0) is 48.9 Å². The summed E-state index contributed by atoms with van der Waals surface area (Å²) in [6.45, 7) is 1.74. The highest BCUT2D eigenvalue weighted by molar-refractivity contribution is 9.10. The van der Waals surface area contributed by atoms with E-state index >= 15 is 0 Å². The summed E-state index contributed by atoms with van der Waals surface area (Å²) in [4.78, 5) is 48.6. The zero-order valence-corrected chi connectivity index (χ0v) is 17.0. The number of nitro groups is 1. The highest BCUT2D eigenvalue weighted by Crippen LogP contribution is 2.38. The van der Waals surface area contributed by atoms with Gasteiger partial charge in [0.05, 0.1) is 17.2 Å². The Morgan fingerprint density at radius 1 is 1.23 bits per heavy atom. The van der Waals surface area contributed by atoms with E-state index < -0.39 is 39.8 Å². The Hall–Kier alpha value is -3.73. The largest absolute Gasteiger partial charge is 0.500 e. The molecule has 10 nitrogen and oxygen atoms in total. The van der Waals surface area contributed by atoms with Crippen LogP contribution in [0.4, 0.5) is 16.2 Å². The number of nitrogens with zero attached hydrogens (tertiary/aromatic N) is 2. The van der Waals surface area contributed by atoms with Crippen molar-refractivity contribution < 1.29 is 29.2 Å². The molecule has 0 radical (unpaired) electrons. The van der Waals surface area contributed by atoms with E-state index in [0.717, 1.165) is 21.5 Å². The number of phenolic OH excluding ortho intramolecular Hbond substituents is 1. The van der Waals surface area contributed by atoms with Gasteiger partial charge in [-0.3, -0.25) is 25.0 Å². The van der Waals surface area contributed by atoms with Gasteiger partial charge in [-0.25, -0.2) is 9.69 Å². The third-order valence-corrected chi connectivity index (χ3v) is 4.60. The van der Waals surface area contributed by atoms with E-state index in [1.807, 2.05) is 0 Å². The fraction of sp³-hybridized carbons (Fsp3) is 0.105. The Morgan fingerprint density at radius 3 is 2.50 bits per heavy atom. The van der Waals surface area contributed by atoms with Crippen molar-refractivity contribution in [2.45, 2.75) is 6.92 Å². The molecule has 2 aromatic rings. The number of carbonyl (C=O) groups excluding carboxylic acids is 3. The summed E-state index contributed by atoms with van der Waals surface area (Å²) >= 11 is 3.25. The zero-order chi connectivity index (χ0) is 22.0. The molecule has 154 valence electrons. The average molecular weight is 476 g/mol. The minimum atomic E-state index is -0.952. The molecule has 1 aliphatic heterocycles. The number of anilines is 1. The van der Waals surface area contributed by atoms with E-state index in [-0.39, 0.29) is 23.6 Å². The van der Waals surface area contributed by atoms with Gasteiger partial charge in [0, 0.05) is 10.5 Å². The number of urea groups is 1. The first kappa shape index (κ1) is 21.0. The van der Waals surface area contributed by atoms with E-state index in [2.05, 4.69) is 21.2 Å². The van der Waals surface area contributed by atoms with Crippen molar-refractivity contribution in [1.29, 1.82) is 0 Å². The van der Waals surface area contributed by atoms with Gasteiger partial charge < -0.3 is 9.84 Å². The lowest BCUT2D eigenvalue weighted by Gasteiger charge is -2.26. The number of nitrogens with one attached hydrogen (secondary N) is 1. The predicted molar refractivity (Wildman–Crippen MR) is 109 cm³/mol. The molecule has 1 heterocycles. The van der Waals surface area contributed by atoms with Crippen LogP contribution in [0.3, 0.4) is 0 Å². The number of amides is 4. The second-order valence-electron chi connectivity index (χ2n) is 6.01. The molecule has 0 atom stereocenters. The third-order valence-electron chi connectivity index (χ3n) is 4.07. The molecule has 2 aromatic carbocycles. The number of halogens is 1. The number of rotatable bonds is 5. The maximum absolute atomic E-state index is 12.9. The van der Waals surface area contributed by atoms with Crippen molar-refractivity contribution in [3.05, 3.63) is 62.1 Å². The number of hydrogen-bond acceptors (Lipinski definition) is 7. The molecule has 11 heteroatoms. The van der Waals surface area contributed by atoms with E-state index in [0.29, 0.717) is 0 Å². The number of carbonyl (C=O) groups is 3. The molecule has 1 aliphatic rings. The number of benzene rings is 2. The third kappa shape index (κ3) is 4.01. The van der Waals surface area contributed by atoms with Crippen molar-refractivity contribution in [3.63, 3.8) is 0 Å². The van der Waals surface area contributed by atoms with Gasteiger partial charge >= 0.3 is 11.7 Å². The molecule has 30 heavy (non-hydrogen) atoms. The first-order chi connectivity index (χ1) is 14.2. The molecule has 2 N–H and O–H groups in total. The van der Waals surface area contributed by atoms with Gasteiger partial charge in [0.15, 0.2) is 5.75 Å². The van der Waals surface area contributed by atoms with Crippen molar-refractivity contribution in [2.75, 3.05) is 11.5 Å². The average Bonchev–Trinajstić information content (AvgIpc) is 2.68. The Bertz CT molecular complexity index is 1100. The predicted octanol–water partition coefficient (Wildman–Crippen LogP) is 3.13. The van der Waals surface area contributed by atoms with E-state index in [4.69, 9.17) is 4.74 Å². The minimum Gasteiger partial charge on any atom is -0.500 e. The lowest BCUT2D eigenvalue weighted by Crippen LogP contribution is -2.54. The summed E-state index contributed by atoms with van der Waals surface area (Å²) in [7, 11) is 0. The van der Waals surface area contributed by atoms with Crippen LogP contribution in [0.15, 0.2) is 46.4 Å². The van der Waals surface area contributed by atoms with Gasteiger partial charge in [0.2, 0.25) is 5.75 Å². The van der Waals surface area contributed by atoms with Gasteiger partial charge in [-0.1, -0.05) is 15.9 Å². The van der Waals surface area contributed by atoms with Crippen LogP contribution in [0.5, 0.6) is 11.5 Å². The molecule has 1 fully saturated rings. The van der Waals surface area contributed by atoms with Crippen molar-refractivity contribution in [2.24, 2.45) is 0 Å². The lowest BCUT2D eigenvalue weighted by molar-refractivity contribution is -0.386.